The number of aryl methyl sites for hydroxylation is 1. The minimum absolute atomic E-state index is 0.515. The lowest BCUT2D eigenvalue weighted by atomic mass is 10.3. The largest absolute Gasteiger partial charge is 0.384 e. The fraction of sp³-hybridized carbons (Fsp3) is 0.300. The molecule has 2 aromatic rings. The lowest BCUT2D eigenvalue weighted by Gasteiger charge is -2.04. The van der Waals surface area contributed by atoms with Crippen molar-refractivity contribution < 1.29 is 0 Å². The third-order valence-corrected chi connectivity index (χ3v) is 2.11. The van der Waals surface area contributed by atoms with Gasteiger partial charge in [-0.1, -0.05) is 0 Å². The molecule has 6 heteroatoms. The molecule has 0 saturated carbocycles. The molecule has 0 spiro atoms. The summed E-state index contributed by atoms with van der Waals surface area (Å²) in [6, 6.07) is 3.67. The van der Waals surface area contributed by atoms with Gasteiger partial charge < -0.3 is 11.1 Å². The Bertz CT molecular complexity index is 464. The number of anilines is 2. The van der Waals surface area contributed by atoms with Crippen LogP contribution in [0.5, 0.6) is 0 Å². The van der Waals surface area contributed by atoms with Gasteiger partial charge in [0.2, 0.25) is 0 Å². The summed E-state index contributed by atoms with van der Waals surface area (Å²) in [6.07, 6.45) is 4.15. The van der Waals surface area contributed by atoms with Crippen molar-refractivity contribution in [2.75, 3.05) is 17.6 Å². The van der Waals surface area contributed by atoms with Crippen LogP contribution in [0.3, 0.4) is 0 Å². The van der Waals surface area contributed by atoms with Crippen molar-refractivity contribution in [1.29, 1.82) is 0 Å². The van der Waals surface area contributed by atoms with Crippen LogP contribution in [0.15, 0.2) is 24.7 Å². The zero-order valence-electron chi connectivity index (χ0n) is 9.09. The zero-order chi connectivity index (χ0) is 11.4. The van der Waals surface area contributed by atoms with E-state index >= 15 is 0 Å². The smallest absolute Gasteiger partial charge is 0.152 e. The summed E-state index contributed by atoms with van der Waals surface area (Å²) in [5.41, 5.74) is 6.53. The van der Waals surface area contributed by atoms with Crippen molar-refractivity contribution in [2.45, 2.75) is 6.42 Å². The van der Waals surface area contributed by atoms with Crippen LogP contribution in [0.25, 0.3) is 0 Å². The summed E-state index contributed by atoms with van der Waals surface area (Å²) < 4.78 is 1.69. The Balaban J connectivity index is 1.84. The van der Waals surface area contributed by atoms with E-state index in [0.29, 0.717) is 5.82 Å². The lowest BCUT2D eigenvalue weighted by molar-refractivity contribution is 0.742. The summed E-state index contributed by atoms with van der Waals surface area (Å²) >= 11 is 0. The molecule has 6 nitrogen and oxygen atoms in total. The maximum absolute atomic E-state index is 5.57. The van der Waals surface area contributed by atoms with Gasteiger partial charge in [0.1, 0.15) is 12.1 Å². The number of nitrogens with zero attached hydrogens (tertiary/aromatic N) is 4. The van der Waals surface area contributed by atoms with Gasteiger partial charge in [0.25, 0.3) is 0 Å². The van der Waals surface area contributed by atoms with Crippen LogP contribution in [-0.4, -0.2) is 26.3 Å². The second kappa shape index (κ2) is 4.61. The average Bonchev–Trinajstić information content (AvgIpc) is 2.64. The summed E-state index contributed by atoms with van der Waals surface area (Å²) in [6.45, 7) is 0.771. The quantitative estimate of drug-likeness (QED) is 0.778. The second-order valence-electron chi connectivity index (χ2n) is 3.48. The summed E-state index contributed by atoms with van der Waals surface area (Å²) in [7, 11) is 1.85. The van der Waals surface area contributed by atoms with Crippen molar-refractivity contribution in [2.24, 2.45) is 7.05 Å². The highest BCUT2D eigenvalue weighted by molar-refractivity contribution is 5.49. The average molecular weight is 218 g/mol. The van der Waals surface area contributed by atoms with E-state index < -0.39 is 0 Å². The standard InChI is InChI=1S/C10H14N6/c1-16-7-14-10(15-16)3-5-12-8-2-4-13-9(11)6-8/h2,4,6-7H,3,5H2,1H3,(H3,11,12,13). The molecule has 2 aromatic heterocycles. The Morgan fingerprint density at radius 3 is 3.00 bits per heavy atom. The molecule has 84 valence electrons. The highest BCUT2D eigenvalue weighted by atomic mass is 15.3. The van der Waals surface area contributed by atoms with Crippen LogP contribution in [0.2, 0.25) is 0 Å². The van der Waals surface area contributed by atoms with Crippen molar-refractivity contribution in [3.63, 3.8) is 0 Å². The Kier molecular flexibility index (Phi) is 3.00. The fourth-order valence-corrected chi connectivity index (χ4v) is 1.38. The fourth-order valence-electron chi connectivity index (χ4n) is 1.38. The van der Waals surface area contributed by atoms with Gasteiger partial charge in [-0.05, 0) is 6.07 Å². The van der Waals surface area contributed by atoms with Gasteiger partial charge in [-0.15, -0.1) is 0 Å². The molecule has 0 atom stereocenters. The van der Waals surface area contributed by atoms with E-state index in [1.165, 1.54) is 0 Å². The molecular weight excluding hydrogens is 204 g/mol. The first kappa shape index (κ1) is 10.4. The molecule has 2 rings (SSSR count). The van der Waals surface area contributed by atoms with Crippen LogP contribution in [-0.2, 0) is 13.5 Å². The number of hydrogen-bond donors (Lipinski definition) is 2. The first-order valence-corrected chi connectivity index (χ1v) is 5.04. The molecule has 0 aromatic carbocycles. The highest BCUT2D eigenvalue weighted by Gasteiger charge is 1.98. The number of pyridine rings is 1. The van der Waals surface area contributed by atoms with E-state index in [1.54, 1.807) is 23.3 Å². The SMILES string of the molecule is Cn1cnc(CCNc2ccnc(N)c2)n1. The number of aromatic nitrogens is 4. The van der Waals surface area contributed by atoms with E-state index in [1.807, 2.05) is 13.1 Å². The first-order valence-electron chi connectivity index (χ1n) is 5.04. The van der Waals surface area contributed by atoms with Gasteiger partial charge in [0, 0.05) is 38.0 Å². The molecule has 0 radical (unpaired) electrons. The van der Waals surface area contributed by atoms with E-state index in [2.05, 4.69) is 20.4 Å². The second-order valence-corrected chi connectivity index (χ2v) is 3.48. The maximum atomic E-state index is 5.57. The number of hydrogen-bond acceptors (Lipinski definition) is 5. The molecule has 3 N–H and O–H groups in total. The predicted octanol–water partition coefficient (Wildman–Crippen LogP) is 0.447. The number of nitrogen functional groups attached to an aromatic ring is 1. The Labute approximate surface area is 93.5 Å². The number of nitrogens with two attached hydrogens (primary N) is 1. The molecule has 0 bridgehead atoms. The normalized spacial score (nSPS) is 10.3. The monoisotopic (exact) mass is 218 g/mol. The van der Waals surface area contributed by atoms with E-state index in [0.717, 1.165) is 24.5 Å². The predicted molar refractivity (Wildman–Crippen MR) is 61.8 cm³/mol. The zero-order valence-corrected chi connectivity index (χ0v) is 9.09. The van der Waals surface area contributed by atoms with Gasteiger partial charge >= 0.3 is 0 Å². The van der Waals surface area contributed by atoms with Crippen molar-refractivity contribution in [3.8, 4) is 0 Å². The maximum Gasteiger partial charge on any atom is 0.152 e. The van der Waals surface area contributed by atoms with Crippen LogP contribution >= 0.6 is 0 Å². The number of nitrogens with one attached hydrogen (secondary N) is 1. The van der Waals surface area contributed by atoms with Crippen molar-refractivity contribution in [1.82, 2.24) is 19.7 Å². The van der Waals surface area contributed by atoms with Crippen molar-refractivity contribution in [3.05, 3.63) is 30.5 Å². The van der Waals surface area contributed by atoms with Crippen LogP contribution in [0, 0.1) is 0 Å². The third kappa shape index (κ3) is 2.69. The molecule has 2 heterocycles. The molecule has 0 saturated heterocycles. The summed E-state index contributed by atoms with van der Waals surface area (Å²) in [5.74, 6) is 1.35. The Hall–Kier alpha value is -2.11. The van der Waals surface area contributed by atoms with E-state index in [9.17, 15) is 0 Å². The molecule has 0 amide bonds. The highest BCUT2D eigenvalue weighted by Crippen LogP contribution is 2.08. The van der Waals surface area contributed by atoms with Gasteiger partial charge in [0.05, 0.1) is 0 Å². The van der Waals surface area contributed by atoms with Gasteiger partial charge in [-0.25, -0.2) is 9.97 Å². The molecule has 16 heavy (non-hydrogen) atoms. The molecular formula is C10H14N6. The Morgan fingerprint density at radius 2 is 2.31 bits per heavy atom. The van der Waals surface area contributed by atoms with Gasteiger partial charge in [0.15, 0.2) is 5.82 Å². The molecule has 0 fully saturated rings. The van der Waals surface area contributed by atoms with Gasteiger partial charge in [-0.3, -0.25) is 4.68 Å². The van der Waals surface area contributed by atoms with Crippen LogP contribution < -0.4 is 11.1 Å². The lowest BCUT2D eigenvalue weighted by Crippen LogP contribution is -2.07. The molecule has 0 aliphatic carbocycles. The summed E-state index contributed by atoms with van der Waals surface area (Å²) in [4.78, 5) is 8.06. The molecule has 0 aliphatic heterocycles. The molecule has 0 aliphatic rings. The number of rotatable bonds is 4. The Morgan fingerprint density at radius 1 is 1.44 bits per heavy atom. The van der Waals surface area contributed by atoms with Crippen LogP contribution in [0.1, 0.15) is 5.82 Å². The van der Waals surface area contributed by atoms with Gasteiger partial charge in [-0.2, -0.15) is 5.10 Å². The van der Waals surface area contributed by atoms with E-state index in [4.69, 9.17) is 5.73 Å². The molecule has 0 unspecified atom stereocenters. The minimum atomic E-state index is 0.515. The first-order chi connectivity index (χ1) is 7.74. The van der Waals surface area contributed by atoms with Crippen LogP contribution in [0.4, 0.5) is 11.5 Å². The topological polar surface area (TPSA) is 81.7 Å². The summed E-state index contributed by atoms with van der Waals surface area (Å²) in [5, 5.41) is 7.42. The third-order valence-electron chi connectivity index (χ3n) is 2.11. The minimum Gasteiger partial charge on any atom is -0.384 e. The van der Waals surface area contributed by atoms with Crippen molar-refractivity contribution >= 4 is 11.5 Å². The van der Waals surface area contributed by atoms with E-state index in [-0.39, 0.29) is 0 Å².